The van der Waals surface area contributed by atoms with E-state index in [2.05, 4.69) is 24.1 Å². The number of carbonyl (C=O) groups excluding carboxylic acids is 1. The SMILES string of the molecule is CCN(CC)CCCN1C(=O)C(C)NC1=S. The van der Waals surface area contributed by atoms with E-state index in [0.29, 0.717) is 5.11 Å². The van der Waals surface area contributed by atoms with Crippen LogP contribution >= 0.6 is 12.2 Å². The van der Waals surface area contributed by atoms with Gasteiger partial charge in [0.2, 0.25) is 0 Å². The molecule has 92 valence electrons. The number of carbonyl (C=O) groups is 1. The Morgan fingerprint density at radius 1 is 1.44 bits per heavy atom. The van der Waals surface area contributed by atoms with Gasteiger partial charge in [0.05, 0.1) is 0 Å². The van der Waals surface area contributed by atoms with Gasteiger partial charge in [-0.05, 0) is 45.2 Å². The highest BCUT2D eigenvalue weighted by atomic mass is 32.1. The minimum absolute atomic E-state index is 0.101. The number of thiocarbonyl (C=S) groups is 1. The van der Waals surface area contributed by atoms with E-state index in [9.17, 15) is 4.79 Å². The van der Waals surface area contributed by atoms with Crippen LogP contribution in [0.3, 0.4) is 0 Å². The number of nitrogens with zero attached hydrogens (tertiary/aromatic N) is 2. The van der Waals surface area contributed by atoms with E-state index in [1.165, 1.54) is 0 Å². The van der Waals surface area contributed by atoms with Gasteiger partial charge < -0.3 is 10.2 Å². The Labute approximate surface area is 103 Å². The first-order valence-electron chi connectivity index (χ1n) is 5.94. The van der Waals surface area contributed by atoms with Gasteiger partial charge in [-0.1, -0.05) is 13.8 Å². The predicted octanol–water partition coefficient (Wildman–Crippen LogP) is 0.824. The van der Waals surface area contributed by atoms with Crippen LogP contribution in [0.1, 0.15) is 27.2 Å². The van der Waals surface area contributed by atoms with Crippen LogP contribution in [0, 0.1) is 0 Å². The van der Waals surface area contributed by atoms with Gasteiger partial charge >= 0.3 is 0 Å². The highest BCUT2D eigenvalue weighted by Gasteiger charge is 2.31. The minimum Gasteiger partial charge on any atom is -0.351 e. The summed E-state index contributed by atoms with van der Waals surface area (Å²) in [5.74, 6) is 0.101. The number of amides is 1. The Morgan fingerprint density at radius 2 is 2.06 bits per heavy atom. The van der Waals surface area contributed by atoms with Crippen molar-refractivity contribution < 1.29 is 4.79 Å². The van der Waals surface area contributed by atoms with Crippen molar-refractivity contribution in [3.63, 3.8) is 0 Å². The summed E-state index contributed by atoms with van der Waals surface area (Å²) in [5.41, 5.74) is 0. The fourth-order valence-electron chi connectivity index (χ4n) is 1.86. The van der Waals surface area contributed by atoms with Gasteiger partial charge in [0, 0.05) is 6.54 Å². The third-order valence-electron chi connectivity index (χ3n) is 2.97. The summed E-state index contributed by atoms with van der Waals surface area (Å²) >= 11 is 5.11. The number of nitrogens with one attached hydrogen (secondary N) is 1. The average molecular weight is 243 g/mol. The molecule has 1 saturated heterocycles. The van der Waals surface area contributed by atoms with Crippen molar-refractivity contribution in [1.82, 2.24) is 15.1 Å². The molecule has 5 heteroatoms. The Hall–Kier alpha value is -0.680. The van der Waals surface area contributed by atoms with E-state index in [4.69, 9.17) is 12.2 Å². The van der Waals surface area contributed by atoms with Crippen molar-refractivity contribution in [3.8, 4) is 0 Å². The summed E-state index contributed by atoms with van der Waals surface area (Å²) in [6.45, 7) is 10.0. The number of hydrogen-bond donors (Lipinski definition) is 1. The van der Waals surface area contributed by atoms with Crippen LogP contribution in [0.5, 0.6) is 0 Å². The Bertz CT molecular complexity index is 266. The van der Waals surface area contributed by atoms with Crippen LogP contribution in [-0.2, 0) is 4.79 Å². The molecule has 0 spiro atoms. The largest absolute Gasteiger partial charge is 0.351 e. The molecule has 0 saturated carbocycles. The summed E-state index contributed by atoms with van der Waals surface area (Å²) in [4.78, 5) is 15.7. The van der Waals surface area contributed by atoms with Crippen LogP contribution in [0.25, 0.3) is 0 Å². The molecule has 16 heavy (non-hydrogen) atoms. The highest BCUT2D eigenvalue weighted by molar-refractivity contribution is 7.80. The van der Waals surface area contributed by atoms with Crippen molar-refractivity contribution in [2.24, 2.45) is 0 Å². The van der Waals surface area contributed by atoms with Crippen molar-refractivity contribution in [2.45, 2.75) is 33.2 Å². The molecule has 1 fully saturated rings. The third kappa shape index (κ3) is 3.15. The van der Waals surface area contributed by atoms with Gasteiger partial charge in [0.1, 0.15) is 6.04 Å². The van der Waals surface area contributed by atoms with Crippen LogP contribution in [0.4, 0.5) is 0 Å². The maximum atomic E-state index is 11.7. The molecule has 1 aliphatic rings. The Morgan fingerprint density at radius 3 is 2.50 bits per heavy atom. The van der Waals surface area contributed by atoms with E-state index >= 15 is 0 Å². The van der Waals surface area contributed by atoms with E-state index < -0.39 is 0 Å². The zero-order valence-corrected chi connectivity index (χ0v) is 11.1. The van der Waals surface area contributed by atoms with Gasteiger partial charge in [0.15, 0.2) is 5.11 Å². The van der Waals surface area contributed by atoms with Crippen molar-refractivity contribution >= 4 is 23.2 Å². The molecule has 1 amide bonds. The smallest absolute Gasteiger partial charge is 0.250 e. The summed E-state index contributed by atoms with van der Waals surface area (Å²) in [6.07, 6.45) is 0.974. The van der Waals surface area contributed by atoms with Gasteiger partial charge in [-0.15, -0.1) is 0 Å². The Kier molecular flexibility index (Phi) is 5.15. The number of hydrogen-bond acceptors (Lipinski definition) is 3. The van der Waals surface area contributed by atoms with Crippen LogP contribution < -0.4 is 5.32 Å². The molecular formula is C11H21N3OS. The minimum atomic E-state index is -0.152. The lowest BCUT2D eigenvalue weighted by atomic mass is 10.3. The molecule has 0 aliphatic carbocycles. The molecule has 0 aromatic carbocycles. The second-order valence-electron chi connectivity index (χ2n) is 4.04. The van der Waals surface area contributed by atoms with Gasteiger partial charge in [-0.3, -0.25) is 9.69 Å². The monoisotopic (exact) mass is 243 g/mol. The molecule has 0 aromatic heterocycles. The normalized spacial score (nSPS) is 20.8. The first-order valence-corrected chi connectivity index (χ1v) is 6.35. The second-order valence-corrected chi connectivity index (χ2v) is 4.43. The highest BCUT2D eigenvalue weighted by Crippen LogP contribution is 2.07. The van der Waals surface area contributed by atoms with Crippen LogP contribution in [-0.4, -0.2) is 53.0 Å². The lowest BCUT2D eigenvalue weighted by molar-refractivity contribution is -0.126. The molecular weight excluding hydrogens is 222 g/mol. The third-order valence-corrected chi connectivity index (χ3v) is 3.31. The molecule has 1 aliphatic heterocycles. The fraction of sp³-hybridized carbons (Fsp3) is 0.818. The molecule has 1 rings (SSSR count). The van der Waals surface area contributed by atoms with Crippen molar-refractivity contribution in [2.75, 3.05) is 26.2 Å². The molecule has 0 bridgehead atoms. The quantitative estimate of drug-likeness (QED) is 0.701. The zero-order valence-electron chi connectivity index (χ0n) is 10.3. The van der Waals surface area contributed by atoms with Crippen molar-refractivity contribution in [1.29, 1.82) is 0 Å². The maximum absolute atomic E-state index is 11.7. The lowest BCUT2D eigenvalue weighted by Crippen LogP contribution is -2.34. The van der Waals surface area contributed by atoms with Gasteiger partial charge in [0.25, 0.3) is 5.91 Å². The van der Waals surface area contributed by atoms with Crippen LogP contribution in [0.15, 0.2) is 0 Å². The van der Waals surface area contributed by atoms with E-state index in [1.54, 1.807) is 4.90 Å². The molecule has 1 unspecified atom stereocenters. The molecule has 1 atom stereocenters. The van der Waals surface area contributed by atoms with Crippen molar-refractivity contribution in [3.05, 3.63) is 0 Å². The standard InChI is InChI=1S/C11H21N3OS/c1-4-13(5-2)7-6-8-14-10(15)9(3)12-11(14)16/h9H,4-8H2,1-3H3,(H,12,16). The first-order chi connectivity index (χ1) is 7.60. The molecule has 1 N–H and O–H groups in total. The average Bonchev–Trinajstić information content (AvgIpc) is 2.50. The maximum Gasteiger partial charge on any atom is 0.250 e. The fourth-order valence-corrected chi connectivity index (χ4v) is 2.22. The zero-order chi connectivity index (χ0) is 12.1. The van der Waals surface area contributed by atoms with Gasteiger partial charge in [-0.25, -0.2) is 0 Å². The topological polar surface area (TPSA) is 35.6 Å². The summed E-state index contributed by atoms with van der Waals surface area (Å²) in [6, 6.07) is -0.152. The summed E-state index contributed by atoms with van der Waals surface area (Å²) in [5, 5.41) is 3.56. The Balaban J connectivity index is 2.32. The molecule has 0 radical (unpaired) electrons. The summed E-state index contributed by atoms with van der Waals surface area (Å²) < 4.78 is 0. The number of rotatable bonds is 6. The first kappa shape index (κ1) is 13.4. The molecule has 0 aromatic rings. The van der Waals surface area contributed by atoms with E-state index in [1.807, 2.05) is 6.92 Å². The van der Waals surface area contributed by atoms with Crippen LogP contribution in [0.2, 0.25) is 0 Å². The molecule has 1 heterocycles. The van der Waals surface area contributed by atoms with E-state index in [0.717, 1.165) is 32.6 Å². The summed E-state index contributed by atoms with van der Waals surface area (Å²) in [7, 11) is 0. The van der Waals surface area contributed by atoms with Gasteiger partial charge in [-0.2, -0.15) is 0 Å². The molecule has 4 nitrogen and oxygen atoms in total. The second kappa shape index (κ2) is 6.15. The predicted molar refractivity (Wildman–Crippen MR) is 69.3 cm³/mol. The lowest BCUT2D eigenvalue weighted by Gasteiger charge is -2.20. The van der Waals surface area contributed by atoms with E-state index in [-0.39, 0.29) is 11.9 Å².